The summed E-state index contributed by atoms with van der Waals surface area (Å²) in [4.78, 5) is 0. The molecule has 8 unspecified atom stereocenters. The predicted octanol–water partition coefficient (Wildman–Crippen LogP) is 7.20. The van der Waals surface area contributed by atoms with E-state index in [2.05, 4.69) is 55.4 Å². The van der Waals surface area contributed by atoms with Crippen LogP contribution in [0.25, 0.3) is 0 Å². The molecule has 8 atom stereocenters. The molecule has 2 fully saturated rings. The Morgan fingerprint density at radius 3 is 2.20 bits per heavy atom. The van der Waals surface area contributed by atoms with Crippen LogP contribution in [0.4, 0.5) is 0 Å². The highest BCUT2D eigenvalue weighted by atomic mass is 16.5. The van der Waals surface area contributed by atoms with Gasteiger partial charge in [0, 0.05) is 7.11 Å². The summed E-state index contributed by atoms with van der Waals surface area (Å²) in [6.07, 6.45) is 8.67. The number of methoxy groups -OCH3 is 1. The average Bonchev–Trinajstić information content (AvgIpc) is 3.22. The van der Waals surface area contributed by atoms with Crippen molar-refractivity contribution in [2.75, 3.05) is 7.11 Å². The van der Waals surface area contributed by atoms with Gasteiger partial charge < -0.3 is 4.74 Å². The predicted molar refractivity (Wildman–Crippen MR) is 110 cm³/mol. The molecule has 1 nitrogen and oxygen atoms in total. The van der Waals surface area contributed by atoms with E-state index in [1.54, 1.807) is 0 Å². The zero-order valence-electron chi connectivity index (χ0n) is 18.7. The molecule has 2 saturated carbocycles. The summed E-state index contributed by atoms with van der Waals surface area (Å²) in [6, 6.07) is 0. The molecule has 0 heterocycles. The van der Waals surface area contributed by atoms with E-state index < -0.39 is 0 Å². The summed E-state index contributed by atoms with van der Waals surface area (Å²) in [6.45, 7) is 19.9. The van der Waals surface area contributed by atoms with Crippen molar-refractivity contribution in [2.24, 2.45) is 46.3 Å². The third kappa shape index (κ3) is 3.69. The van der Waals surface area contributed by atoms with Gasteiger partial charge in [-0.1, -0.05) is 74.1 Å². The van der Waals surface area contributed by atoms with Crippen molar-refractivity contribution in [1.82, 2.24) is 0 Å². The van der Waals surface area contributed by atoms with Crippen LogP contribution >= 0.6 is 0 Å². The molecule has 0 radical (unpaired) electrons. The van der Waals surface area contributed by atoms with Crippen molar-refractivity contribution in [3.05, 3.63) is 0 Å². The van der Waals surface area contributed by atoms with E-state index in [1.807, 2.05) is 7.11 Å². The molecule has 148 valence electrons. The fourth-order valence-electron chi connectivity index (χ4n) is 7.36. The molecule has 0 bridgehead atoms. The SMILES string of the molecule is CCCC(CC)C1C(CC)CC2CC2(C)C(C)C(C(C)OC)C1(C)C. The third-order valence-corrected chi connectivity index (χ3v) is 8.94. The summed E-state index contributed by atoms with van der Waals surface area (Å²) in [5, 5.41) is 0. The topological polar surface area (TPSA) is 9.23 Å². The molecule has 1 heteroatoms. The normalized spacial score (nSPS) is 42.8. The molecule has 0 N–H and O–H groups in total. The Bertz CT molecular complexity index is 428. The van der Waals surface area contributed by atoms with Crippen LogP contribution in [-0.4, -0.2) is 13.2 Å². The fourth-order valence-corrected chi connectivity index (χ4v) is 7.36. The van der Waals surface area contributed by atoms with E-state index >= 15 is 0 Å². The summed E-state index contributed by atoms with van der Waals surface area (Å²) >= 11 is 0. The first kappa shape index (κ1) is 21.3. The lowest BCUT2D eigenvalue weighted by molar-refractivity contribution is -0.0992. The van der Waals surface area contributed by atoms with Crippen molar-refractivity contribution >= 4 is 0 Å². The van der Waals surface area contributed by atoms with Gasteiger partial charge in [0.15, 0.2) is 0 Å². The molecule has 2 aliphatic rings. The van der Waals surface area contributed by atoms with Crippen molar-refractivity contribution in [2.45, 2.75) is 100 Å². The lowest BCUT2D eigenvalue weighted by atomic mass is 9.52. The highest BCUT2D eigenvalue weighted by molar-refractivity contribution is 5.10. The van der Waals surface area contributed by atoms with E-state index in [-0.39, 0.29) is 0 Å². The fraction of sp³-hybridized carbons (Fsp3) is 1.00. The summed E-state index contributed by atoms with van der Waals surface area (Å²) < 4.78 is 5.99. The van der Waals surface area contributed by atoms with E-state index in [4.69, 9.17) is 4.74 Å². The van der Waals surface area contributed by atoms with Crippen molar-refractivity contribution in [3.63, 3.8) is 0 Å². The molecular formula is C24H46O. The van der Waals surface area contributed by atoms with Gasteiger partial charge >= 0.3 is 0 Å². The van der Waals surface area contributed by atoms with Gasteiger partial charge in [0.1, 0.15) is 0 Å². The van der Waals surface area contributed by atoms with Crippen LogP contribution in [0.15, 0.2) is 0 Å². The molecule has 0 amide bonds. The highest BCUT2D eigenvalue weighted by Crippen LogP contribution is 2.68. The maximum Gasteiger partial charge on any atom is 0.0579 e. The Labute approximate surface area is 158 Å². The molecule has 0 aromatic carbocycles. The maximum absolute atomic E-state index is 5.99. The maximum atomic E-state index is 5.99. The summed E-state index contributed by atoms with van der Waals surface area (Å²) in [7, 11) is 1.93. The Hall–Kier alpha value is -0.0400. The van der Waals surface area contributed by atoms with E-state index in [0.29, 0.717) is 22.9 Å². The van der Waals surface area contributed by atoms with Crippen molar-refractivity contribution in [1.29, 1.82) is 0 Å². The van der Waals surface area contributed by atoms with E-state index in [1.165, 1.54) is 38.5 Å². The number of fused-ring (bicyclic) bond motifs is 1. The van der Waals surface area contributed by atoms with Gasteiger partial charge in [-0.05, 0) is 66.1 Å². The van der Waals surface area contributed by atoms with Crippen molar-refractivity contribution < 1.29 is 4.74 Å². The third-order valence-electron chi connectivity index (χ3n) is 8.94. The molecule has 0 aromatic rings. The minimum atomic E-state index is 0.335. The smallest absolute Gasteiger partial charge is 0.0579 e. The van der Waals surface area contributed by atoms with Crippen LogP contribution in [-0.2, 0) is 4.74 Å². The van der Waals surface area contributed by atoms with Crippen LogP contribution in [0.1, 0.15) is 93.9 Å². The first-order valence-corrected chi connectivity index (χ1v) is 11.2. The largest absolute Gasteiger partial charge is 0.381 e. The number of hydrogen-bond acceptors (Lipinski definition) is 1. The van der Waals surface area contributed by atoms with Gasteiger partial charge in [-0.3, -0.25) is 0 Å². The summed E-state index contributed by atoms with van der Waals surface area (Å²) in [5.74, 6) is 4.94. The molecule has 0 aliphatic heterocycles. The van der Waals surface area contributed by atoms with E-state index in [9.17, 15) is 0 Å². The quantitative estimate of drug-likeness (QED) is 0.472. The monoisotopic (exact) mass is 350 g/mol. The second kappa shape index (κ2) is 7.91. The van der Waals surface area contributed by atoms with Gasteiger partial charge in [0.05, 0.1) is 6.10 Å². The zero-order valence-corrected chi connectivity index (χ0v) is 18.7. The molecule has 0 spiro atoms. The standard InChI is InChI=1S/C24H46O/c1-10-13-18(11-2)22-19(12-3)14-20-15-24(20,8)16(4)21(17(5)25-9)23(22,6)7/h16-22H,10-15H2,1-9H3. The Morgan fingerprint density at radius 2 is 1.72 bits per heavy atom. The van der Waals surface area contributed by atoms with Crippen LogP contribution in [0.5, 0.6) is 0 Å². The van der Waals surface area contributed by atoms with Crippen LogP contribution < -0.4 is 0 Å². The Morgan fingerprint density at radius 1 is 1.08 bits per heavy atom. The molecular weight excluding hydrogens is 304 g/mol. The summed E-state index contributed by atoms with van der Waals surface area (Å²) in [5.41, 5.74) is 0.890. The average molecular weight is 351 g/mol. The van der Waals surface area contributed by atoms with Gasteiger partial charge in [-0.15, -0.1) is 0 Å². The molecule has 2 aliphatic carbocycles. The van der Waals surface area contributed by atoms with Gasteiger partial charge in [-0.25, -0.2) is 0 Å². The van der Waals surface area contributed by atoms with Gasteiger partial charge in [0.2, 0.25) is 0 Å². The van der Waals surface area contributed by atoms with E-state index in [0.717, 1.165) is 29.6 Å². The molecule has 2 rings (SSSR count). The Kier molecular flexibility index (Phi) is 6.73. The second-order valence-electron chi connectivity index (χ2n) is 10.4. The first-order chi connectivity index (χ1) is 11.7. The number of hydrogen-bond donors (Lipinski definition) is 0. The lowest BCUT2D eigenvalue weighted by Crippen LogP contribution is -2.50. The van der Waals surface area contributed by atoms with Crippen LogP contribution in [0.3, 0.4) is 0 Å². The van der Waals surface area contributed by atoms with Gasteiger partial charge in [0.25, 0.3) is 0 Å². The number of rotatable bonds is 7. The van der Waals surface area contributed by atoms with Crippen LogP contribution in [0.2, 0.25) is 0 Å². The van der Waals surface area contributed by atoms with Gasteiger partial charge in [-0.2, -0.15) is 0 Å². The first-order valence-electron chi connectivity index (χ1n) is 11.2. The molecule has 0 saturated heterocycles. The van der Waals surface area contributed by atoms with Crippen LogP contribution in [0, 0.1) is 46.3 Å². The Balaban J connectivity index is 2.50. The minimum Gasteiger partial charge on any atom is -0.381 e. The van der Waals surface area contributed by atoms with Crippen molar-refractivity contribution in [3.8, 4) is 0 Å². The minimum absolute atomic E-state index is 0.335. The number of ether oxygens (including phenoxy) is 1. The molecule has 25 heavy (non-hydrogen) atoms. The molecule has 0 aromatic heterocycles. The second-order valence-corrected chi connectivity index (χ2v) is 10.4. The lowest BCUT2D eigenvalue weighted by Gasteiger charge is -2.54. The zero-order chi connectivity index (χ0) is 19.0. The highest BCUT2D eigenvalue weighted by Gasteiger charge is 2.62.